The summed E-state index contributed by atoms with van der Waals surface area (Å²) >= 11 is 0. The van der Waals surface area contributed by atoms with E-state index in [1.165, 1.54) is 54.6 Å². The summed E-state index contributed by atoms with van der Waals surface area (Å²) in [6.45, 7) is 4.53. The number of rotatable bonds is 14. The summed E-state index contributed by atoms with van der Waals surface area (Å²) in [5.74, 6) is 1.92. The molecule has 0 bridgehead atoms. The lowest BCUT2D eigenvalue weighted by Gasteiger charge is -2.15. The lowest BCUT2D eigenvalue weighted by Crippen LogP contribution is -2.00. The van der Waals surface area contributed by atoms with Gasteiger partial charge in [-0.05, 0) is 94.1 Å². The largest absolute Gasteiger partial charge is 0.496 e. The standard InChI is InChI=1S/C22H24O2P2.C22H24P2/c1-23-21-13-18(16-26-20-11-7-4-8-12-20)22(24-2)14-17(21)15-25-19-9-5-3-6-10-19;1-17-13-20(16-24-22-11-7-4-8-12-22)18(2)14-19(17)15-23-21-9-5-3-6-10-21/h3-14,25-26H,15-16H2,1-2H3;3-14,23-24H,15-16H2,1-2H3. The number of aryl methyl sites for hydroxylation is 2. The molecular weight excluding hydrogens is 684 g/mol. The van der Waals surface area contributed by atoms with Crippen molar-refractivity contribution >= 4 is 55.5 Å². The first-order valence-corrected chi connectivity index (χ1v) is 21.8. The molecular formula is C44H48O2P4. The maximum absolute atomic E-state index is 5.68. The Labute approximate surface area is 307 Å². The van der Waals surface area contributed by atoms with E-state index in [1.54, 1.807) is 14.2 Å². The van der Waals surface area contributed by atoms with Gasteiger partial charge in [-0.3, -0.25) is 0 Å². The van der Waals surface area contributed by atoms with Crippen molar-refractivity contribution in [3.05, 3.63) is 179 Å². The van der Waals surface area contributed by atoms with Gasteiger partial charge in [-0.15, -0.1) is 0 Å². The Kier molecular flexibility index (Phi) is 15.5. The van der Waals surface area contributed by atoms with E-state index in [1.807, 2.05) is 0 Å². The second-order valence-electron chi connectivity index (χ2n) is 12.1. The van der Waals surface area contributed by atoms with Crippen molar-refractivity contribution in [2.24, 2.45) is 0 Å². The monoisotopic (exact) mass is 732 g/mol. The molecule has 6 rings (SSSR count). The molecule has 0 aliphatic heterocycles. The molecule has 0 spiro atoms. The van der Waals surface area contributed by atoms with Gasteiger partial charge < -0.3 is 9.47 Å². The summed E-state index contributed by atoms with van der Waals surface area (Å²) in [5, 5.41) is 5.62. The Morgan fingerprint density at radius 2 is 0.620 bits per heavy atom. The zero-order valence-corrected chi connectivity index (χ0v) is 33.5. The minimum Gasteiger partial charge on any atom is -0.496 e. The molecule has 0 amide bonds. The van der Waals surface area contributed by atoms with E-state index in [0.29, 0.717) is 0 Å². The molecule has 50 heavy (non-hydrogen) atoms. The van der Waals surface area contributed by atoms with Gasteiger partial charge in [0.2, 0.25) is 0 Å². The van der Waals surface area contributed by atoms with Crippen LogP contribution in [0.15, 0.2) is 146 Å². The maximum atomic E-state index is 5.68. The molecule has 6 aromatic rings. The Bertz CT molecular complexity index is 1740. The molecule has 0 aromatic heterocycles. The molecule has 0 aliphatic carbocycles. The van der Waals surface area contributed by atoms with Gasteiger partial charge in [-0.2, -0.15) is 0 Å². The van der Waals surface area contributed by atoms with Crippen molar-refractivity contribution in [1.82, 2.24) is 0 Å². The van der Waals surface area contributed by atoms with Crippen molar-refractivity contribution in [2.45, 2.75) is 38.5 Å². The molecule has 0 aliphatic rings. The first kappa shape index (κ1) is 37.9. The van der Waals surface area contributed by atoms with E-state index in [9.17, 15) is 0 Å². The highest BCUT2D eigenvalue weighted by Gasteiger charge is 2.12. The third-order valence-corrected chi connectivity index (χ3v) is 13.7. The Balaban J connectivity index is 0.000000195. The average molecular weight is 733 g/mol. The van der Waals surface area contributed by atoms with Gasteiger partial charge in [0, 0.05) is 11.1 Å². The van der Waals surface area contributed by atoms with E-state index in [-0.39, 0.29) is 0 Å². The second-order valence-corrected chi connectivity index (χ2v) is 17.2. The molecule has 2 nitrogen and oxygen atoms in total. The summed E-state index contributed by atoms with van der Waals surface area (Å²) in [6, 6.07) is 52.0. The molecule has 0 fully saturated rings. The van der Waals surface area contributed by atoms with Crippen molar-refractivity contribution in [1.29, 1.82) is 0 Å². The van der Waals surface area contributed by atoms with Gasteiger partial charge in [-0.1, -0.05) is 168 Å². The Morgan fingerprint density at radius 1 is 0.360 bits per heavy atom. The summed E-state index contributed by atoms with van der Waals surface area (Å²) in [4.78, 5) is 0. The van der Waals surface area contributed by atoms with Crippen LogP contribution in [0.25, 0.3) is 0 Å². The van der Waals surface area contributed by atoms with Crippen molar-refractivity contribution < 1.29 is 9.47 Å². The van der Waals surface area contributed by atoms with Crippen LogP contribution < -0.4 is 30.7 Å². The zero-order valence-electron chi connectivity index (χ0n) is 29.5. The molecule has 4 unspecified atom stereocenters. The van der Waals surface area contributed by atoms with Gasteiger partial charge >= 0.3 is 0 Å². The van der Waals surface area contributed by atoms with Gasteiger partial charge in [-0.25, -0.2) is 0 Å². The summed E-state index contributed by atoms with van der Waals surface area (Å²) < 4.78 is 11.4. The van der Waals surface area contributed by atoms with Gasteiger partial charge in [0.25, 0.3) is 0 Å². The van der Waals surface area contributed by atoms with Crippen molar-refractivity contribution in [3.63, 3.8) is 0 Å². The highest BCUT2D eigenvalue weighted by atomic mass is 31.1. The fourth-order valence-electron chi connectivity index (χ4n) is 5.63. The topological polar surface area (TPSA) is 18.5 Å². The minimum atomic E-state index is 0.721. The van der Waals surface area contributed by atoms with E-state index in [4.69, 9.17) is 9.47 Å². The molecule has 0 saturated carbocycles. The molecule has 0 heterocycles. The normalized spacial score (nSPS) is 11.6. The first-order chi connectivity index (χ1) is 24.5. The van der Waals surface area contributed by atoms with E-state index in [0.717, 1.165) is 70.5 Å². The van der Waals surface area contributed by atoms with Gasteiger partial charge in [0.15, 0.2) is 0 Å². The maximum Gasteiger partial charge on any atom is 0.122 e. The fourth-order valence-corrected chi connectivity index (χ4v) is 10.2. The minimum absolute atomic E-state index is 0.721. The molecule has 0 N–H and O–H groups in total. The predicted octanol–water partition coefficient (Wildman–Crippen LogP) is 10.0. The van der Waals surface area contributed by atoms with Gasteiger partial charge in [0.1, 0.15) is 11.5 Å². The molecule has 0 radical (unpaired) electrons. The number of methoxy groups -OCH3 is 2. The molecule has 6 aromatic carbocycles. The fraction of sp³-hybridized carbons (Fsp3) is 0.182. The second kappa shape index (κ2) is 20.5. The van der Waals surface area contributed by atoms with Crippen LogP contribution in [-0.2, 0) is 24.6 Å². The molecule has 4 atom stereocenters. The number of hydrogen-bond acceptors (Lipinski definition) is 2. The van der Waals surface area contributed by atoms with Crippen LogP contribution in [0.1, 0.15) is 33.4 Å². The first-order valence-electron chi connectivity index (χ1n) is 17.0. The van der Waals surface area contributed by atoms with E-state index >= 15 is 0 Å². The lowest BCUT2D eigenvalue weighted by molar-refractivity contribution is 0.397. The van der Waals surface area contributed by atoms with Crippen molar-refractivity contribution in [2.75, 3.05) is 14.2 Å². The number of benzene rings is 6. The van der Waals surface area contributed by atoms with Crippen LogP contribution in [-0.4, -0.2) is 14.2 Å². The molecule has 0 saturated heterocycles. The van der Waals surface area contributed by atoms with Crippen LogP contribution in [0.4, 0.5) is 0 Å². The Hall–Kier alpha value is -3.36. The predicted molar refractivity (Wildman–Crippen MR) is 228 cm³/mol. The molecule has 6 heteroatoms. The highest BCUT2D eigenvalue weighted by molar-refractivity contribution is 7.47. The van der Waals surface area contributed by atoms with Crippen LogP contribution in [0.3, 0.4) is 0 Å². The van der Waals surface area contributed by atoms with Crippen LogP contribution in [0, 0.1) is 13.8 Å². The smallest absolute Gasteiger partial charge is 0.122 e. The van der Waals surface area contributed by atoms with E-state index < -0.39 is 0 Å². The Morgan fingerprint density at radius 3 is 0.880 bits per heavy atom. The third-order valence-electron chi connectivity index (χ3n) is 8.50. The van der Waals surface area contributed by atoms with Crippen LogP contribution >= 0.6 is 34.3 Å². The number of ether oxygens (including phenoxy) is 2. The van der Waals surface area contributed by atoms with Crippen LogP contribution in [0.5, 0.6) is 11.5 Å². The third kappa shape index (κ3) is 11.9. The average Bonchev–Trinajstić information content (AvgIpc) is 3.17. The van der Waals surface area contributed by atoms with Crippen LogP contribution in [0.2, 0.25) is 0 Å². The quantitative estimate of drug-likeness (QED) is 0.104. The summed E-state index contributed by atoms with van der Waals surface area (Å²) in [6.07, 6.45) is 4.23. The zero-order chi connectivity index (χ0) is 35.0. The summed E-state index contributed by atoms with van der Waals surface area (Å²) in [7, 11) is 6.64. The lowest BCUT2D eigenvalue weighted by atomic mass is 10.0. The molecule has 256 valence electrons. The SMILES string of the molecule is COc1cc(CPc2ccccc2)c(OC)cc1CPc1ccccc1.Cc1cc(CPc2ccccc2)c(C)cc1CPc1ccccc1. The summed E-state index contributed by atoms with van der Waals surface area (Å²) in [5.41, 5.74) is 8.30. The van der Waals surface area contributed by atoms with Gasteiger partial charge in [0.05, 0.1) is 14.2 Å². The van der Waals surface area contributed by atoms with Crippen molar-refractivity contribution in [3.8, 4) is 11.5 Å². The number of hydrogen-bond donors (Lipinski definition) is 0. The van der Waals surface area contributed by atoms with E-state index in [2.05, 4.69) is 159 Å². The highest BCUT2D eigenvalue weighted by Crippen LogP contribution is 2.36.